The number of hydrogen-bond acceptors (Lipinski definition) is 6. The molecular formula is C27H23FN4O3. The average molecular weight is 471 g/mol. The summed E-state index contributed by atoms with van der Waals surface area (Å²) in [5, 5.41) is 8.02. The zero-order chi connectivity index (χ0) is 24.1. The van der Waals surface area contributed by atoms with E-state index in [-0.39, 0.29) is 11.9 Å². The Kier molecular flexibility index (Phi) is 4.95. The SMILES string of the molecule is COc1ccc([C@@H]2C3=C(Nc4ncnn42)c2cc(C)ccc2O[C@@H]3c2ccc(F)cc2)cc1OC. The lowest BCUT2D eigenvalue weighted by Gasteiger charge is -2.39. The molecule has 0 spiro atoms. The summed E-state index contributed by atoms with van der Waals surface area (Å²) >= 11 is 0. The van der Waals surface area contributed by atoms with Gasteiger partial charge in [0, 0.05) is 11.1 Å². The summed E-state index contributed by atoms with van der Waals surface area (Å²) in [4.78, 5) is 4.46. The number of ether oxygens (including phenoxy) is 3. The first-order chi connectivity index (χ1) is 17.1. The molecule has 0 unspecified atom stereocenters. The van der Waals surface area contributed by atoms with E-state index in [2.05, 4.69) is 21.5 Å². The fraction of sp³-hybridized carbons (Fsp3) is 0.185. The molecule has 3 heterocycles. The minimum atomic E-state index is -0.483. The normalized spacial score (nSPS) is 18.1. The molecule has 35 heavy (non-hydrogen) atoms. The molecule has 6 rings (SSSR count). The van der Waals surface area contributed by atoms with Crippen LogP contribution in [0.25, 0.3) is 5.70 Å². The Morgan fingerprint density at radius 1 is 0.943 bits per heavy atom. The second-order valence-corrected chi connectivity index (χ2v) is 8.55. The van der Waals surface area contributed by atoms with Crippen LogP contribution in [0.5, 0.6) is 17.2 Å². The van der Waals surface area contributed by atoms with Crippen LogP contribution in [0.4, 0.5) is 10.3 Å². The molecule has 0 amide bonds. The fourth-order valence-corrected chi connectivity index (χ4v) is 4.84. The first kappa shape index (κ1) is 21.2. The molecule has 2 aliphatic heterocycles. The van der Waals surface area contributed by atoms with Crippen molar-refractivity contribution in [3.05, 3.63) is 101 Å². The lowest BCUT2D eigenvalue weighted by atomic mass is 9.84. The monoisotopic (exact) mass is 470 g/mol. The lowest BCUT2D eigenvalue weighted by molar-refractivity contribution is 0.223. The van der Waals surface area contributed by atoms with Crippen LogP contribution in [-0.4, -0.2) is 29.0 Å². The summed E-state index contributed by atoms with van der Waals surface area (Å²) < 4.78 is 33.3. The smallest absolute Gasteiger partial charge is 0.226 e. The van der Waals surface area contributed by atoms with Crippen LogP contribution in [0, 0.1) is 12.7 Å². The molecule has 3 aromatic carbocycles. The third-order valence-electron chi connectivity index (χ3n) is 6.47. The number of nitrogens with zero attached hydrogens (tertiary/aromatic N) is 3. The Hall–Kier alpha value is -4.33. The van der Waals surface area contributed by atoms with Crippen molar-refractivity contribution in [1.82, 2.24) is 14.8 Å². The Morgan fingerprint density at radius 3 is 2.49 bits per heavy atom. The van der Waals surface area contributed by atoms with E-state index in [1.165, 1.54) is 18.5 Å². The minimum Gasteiger partial charge on any atom is -0.493 e. The number of halogens is 1. The second-order valence-electron chi connectivity index (χ2n) is 8.55. The number of rotatable bonds is 4. The number of fused-ring (bicyclic) bond motifs is 3. The predicted octanol–water partition coefficient (Wildman–Crippen LogP) is 5.30. The third-order valence-corrected chi connectivity index (χ3v) is 6.47. The van der Waals surface area contributed by atoms with E-state index < -0.39 is 6.10 Å². The topological polar surface area (TPSA) is 70.4 Å². The van der Waals surface area contributed by atoms with Gasteiger partial charge in [0.1, 0.15) is 30.0 Å². The van der Waals surface area contributed by atoms with Crippen molar-refractivity contribution in [2.45, 2.75) is 19.1 Å². The maximum Gasteiger partial charge on any atom is 0.226 e. The molecule has 8 heteroatoms. The molecule has 7 nitrogen and oxygen atoms in total. The second kappa shape index (κ2) is 8.16. The Labute approximate surface area is 201 Å². The number of aromatic nitrogens is 3. The Bertz CT molecular complexity index is 1460. The maximum atomic E-state index is 13.8. The van der Waals surface area contributed by atoms with Crippen molar-refractivity contribution in [1.29, 1.82) is 0 Å². The highest BCUT2D eigenvalue weighted by Crippen LogP contribution is 2.51. The summed E-state index contributed by atoms with van der Waals surface area (Å²) in [6.07, 6.45) is 1.04. The number of benzene rings is 3. The predicted molar refractivity (Wildman–Crippen MR) is 129 cm³/mol. The van der Waals surface area contributed by atoms with Gasteiger partial charge in [-0.1, -0.05) is 29.8 Å². The Morgan fingerprint density at radius 2 is 1.71 bits per heavy atom. The van der Waals surface area contributed by atoms with Gasteiger partial charge in [-0.15, -0.1) is 0 Å². The van der Waals surface area contributed by atoms with Crippen LogP contribution in [0.1, 0.15) is 34.4 Å². The van der Waals surface area contributed by atoms with Gasteiger partial charge >= 0.3 is 0 Å². The number of hydrogen-bond donors (Lipinski definition) is 1. The minimum absolute atomic E-state index is 0.299. The Balaban J connectivity index is 1.62. The number of methoxy groups -OCH3 is 2. The van der Waals surface area contributed by atoms with Crippen molar-refractivity contribution < 1.29 is 18.6 Å². The van der Waals surface area contributed by atoms with E-state index in [9.17, 15) is 4.39 Å². The molecule has 1 N–H and O–H groups in total. The van der Waals surface area contributed by atoms with E-state index in [1.807, 2.05) is 41.9 Å². The van der Waals surface area contributed by atoms with Gasteiger partial charge < -0.3 is 19.5 Å². The summed E-state index contributed by atoms with van der Waals surface area (Å²) in [5.41, 5.74) is 5.66. The van der Waals surface area contributed by atoms with Crippen molar-refractivity contribution in [3.8, 4) is 17.2 Å². The molecule has 0 bridgehead atoms. The van der Waals surface area contributed by atoms with Crippen molar-refractivity contribution in [3.63, 3.8) is 0 Å². The maximum absolute atomic E-state index is 13.8. The molecule has 1 aromatic heterocycles. The van der Waals surface area contributed by atoms with Crippen molar-refractivity contribution >= 4 is 11.6 Å². The number of aryl methyl sites for hydroxylation is 1. The molecule has 0 aliphatic carbocycles. The van der Waals surface area contributed by atoms with Crippen molar-refractivity contribution in [2.24, 2.45) is 0 Å². The summed E-state index contributed by atoms with van der Waals surface area (Å²) in [6.45, 7) is 2.05. The highest BCUT2D eigenvalue weighted by atomic mass is 19.1. The zero-order valence-corrected chi connectivity index (χ0v) is 19.4. The molecule has 0 fully saturated rings. The molecule has 4 aromatic rings. The van der Waals surface area contributed by atoms with Crippen LogP contribution in [0.3, 0.4) is 0 Å². The van der Waals surface area contributed by atoms with Crippen LogP contribution < -0.4 is 19.5 Å². The largest absolute Gasteiger partial charge is 0.493 e. The highest BCUT2D eigenvalue weighted by Gasteiger charge is 2.41. The van der Waals surface area contributed by atoms with Gasteiger partial charge in [-0.2, -0.15) is 10.1 Å². The molecule has 176 valence electrons. The molecular weight excluding hydrogens is 447 g/mol. The van der Waals surface area contributed by atoms with Gasteiger partial charge in [0.25, 0.3) is 0 Å². The summed E-state index contributed by atoms with van der Waals surface area (Å²) in [7, 11) is 3.22. The molecule has 0 saturated heterocycles. The van der Waals surface area contributed by atoms with Crippen LogP contribution >= 0.6 is 0 Å². The average Bonchev–Trinajstić information content (AvgIpc) is 3.35. The number of nitrogens with one attached hydrogen (secondary N) is 1. The van der Waals surface area contributed by atoms with E-state index in [4.69, 9.17) is 14.2 Å². The van der Waals surface area contributed by atoms with Gasteiger partial charge in [0.15, 0.2) is 11.5 Å². The molecule has 2 atom stereocenters. The standard InChI is InChI=1S/C27H23FN4O3/c1-15-4-10-20-19(12-15)24-23(26(35-20)16-5-8-18(28)9-6-16)25(32-27(31-24)29-14-30-32)17-7-11-21(33-2)22(13-17)34-3/h4-14,25-26H,1-3H3,(H,29,30,31)/t25-,26-/m1/s1. The molecule has 0 radical (unpaired) electrons. The third kappa shape index (κ3) is 3.41. The van der Waals surface area contributed by atoms with Crippen LogP contribution in [0.15, 0.2) is 72.6 Å². The van der Waals surface area contributed by atoms with Crippen LogP contribution in [-0.2, 0) is 0 Å². The van der Waals surface area contributed by atoms with Crippen molar-refractivity contribution in [2.75, 3.05) is 19.5 Å². The van der Waals surface area contributed by atoms with E-state index >= 15 is 0 Å². The molecule has 0 saturated carbocycles. The highest BCUT2D eigenvalue weighted by molar-refractivity contribution is 5.85. The quantitative estimate of drug-likeness (QED) is 0.436. The number of anilines is 1. The first-order valence-electron chi connectivity index (χ1n) is 11.2. The lowest BCUT2D eigenvalue weighted by Crippen LogP contribution is -2.32. The van der Waals surface area contributed by atoms with Gasteiger partial charge in [0.05, 0.1) is 19.9 Å². The first-order valence-corrected chi connectivity index (χ1v) is 11.2. The zero-order valence-electron chi connectivity index (χ0n) is 19.4. The van der Waals surface area contributed by atoms with Crippen LogP contribution in [0.2, 0.25) is 0 Å². The summed E-state index contributed by atoms with van der Waals surface area (Å²) in [5.74, 6) is 2.31. The van der Waals surface area contributed by atoms with E-state index in [1.54, 1.807) is 26.4 Å². The molecule has 2 aliphatic rings. The fourth-order valence-electron chi connectivity index (χ4n) is 4.84. The van der Waals surface area contributed by atoms with E-state index in [0.717, 1.165) is 39.3 Å². The van der Waals surface area contributed by atoms with Gasteiger partial charge in [0.2, 0.25) is 5.95 Å². The van der Waals surface area contributed by atoms with E-state index in [0.29, 0.717) is 17.4 Å². The summed E-state index contributed by atoms with van der Waals surface area (Å²) in [6, 6.07) is 17.9. The van der Waals surface area contributed by atoms with Gasteiger partial charge in [-0.3, -0.25) is 0 Å². The van der Waals surface area contributed by atoms with Gasteiger partial charge in [-0.25, -0.2) is 9.07 Å². The van der Waals surface area contributed by atoms with Gasteiger partial charge in [-0.05, 0) is 54.4 Å².